The number of carbonyl (C=O) groups is 1. The van der Waals surface area contributed by atoms with Gasteiger partial charge in [0.1, 0.15) is 5.75 Å². The maximum Gasteiger partial charge on any atom is 0.255 e. The number of rotatable bonds is 3. The Morgan fingerprint density at radius 2 is 2.00 bits per heavy atom. The first kappa shape index (κ1) is 14.4. The van der Waals surface area contributed by atoms with E-state index in [0.717, 1.165) is 31.2 Å². The zero-order chi connectivity index (χ0) is 13.8. The summed E-state index contributed by atoms with van der Waals surface area (Å²) in [5.74, 6) is 0.607. The van der Waals surface area contributed by atoms with E-state index in [1.807, 2.05) is 25.1 Å². The fourth-order valence-corrected chi connectivity index (χ4v) is 2.99. The summed E-state index contributed by atoms with van der Waals surface area (Å²) in [7, 11) is 1.59. The fraction of sp³-hybridized carbons (Fsp3) is 0.533. The van der Waals surface area contributed by atoms with Gasteiger partial charge in [-0.1, -0.05) is 27.6 Å². The van der Waals surface area contributed by atoms with Crippen LogP contribution in [0.15, 0.2) is 18.2 Å². The molecule has 0 unspecified atom stereocenters. The predicted molar refractivity (Wildman–Crippen MR) is 80.2 cm³/mol. The van der Waals surface area contributed by atoms with Crippen LogP contribution in [-0.4, -0.2) is 23.9 Å². The molecule has 0 saturated heterocycles. The molecule has 1 aliphatic carbocycles. The van der Waals surface area contributed by atoms with Gasteiger partial charge in [-0.25, -0.2) is 0 Å². The number of amides is 1. The van der Waals surface area contributed by atoms with Crippen LogP contribution in [-0.2, 0) is 0 Å². The first-order valence-corrected chi connectivity index (χ1v) is 7.61. The molecule has 0 atom stereocenters. The minimum absolute atomic E-state index is 0.0291. The number of halogens is 1. The second-order valence-corrected chi connectivity index (χ2v) is 6.42. The standard InChI is InChI=1S/C15H20BrNO2/c1-10-3-8-14(19-2)13(9-10)15(18)17-12-6-4-11(16)5-7-12/h3,8-9,11-12H,4-7H2,1-2H3,(H,17,18). The third-order valence-corrected chi connectivity index (χ3v) is 4.51. The van der Waals surface area contributed by atoms with Crippen LogP contribution in [0.4, 0.5) is 0 Å². The second-order valence-electron chi connectivity index (χ2n) is 5.13. The molecule has 104 valence electrons. The lowest BCUT2D eigenvalue weighted by Crippen LogP contribution is -2.37. The zero-order valence-electron chi connectivity index (χ0n) is 11.4. The lowest BCUT2D eigenvalue weighted by molar-refractivity contribution is 0.0925. The maximum atomic E-state index is 12.3. The third-order valence-electron chi connectivity index (χ3n) is 3.59. The topological polar surface area (TPSA) is 38.3 Å². The molecule has 0 heterocycles. The quantitative estimate of drug-likeness (QED) is 0.864. The molecule has 1 N–H and O–H groups in total. The van der Waals surface area contributed by atoms with Gasteiger partial charge in [-0.15, -0.1) is 0 Å². The Bertz CT molecular complexity index is 453. The van der Waals surface area contributed by atoms with Crippen molar-refractivity contribution in [2.75, 3.05) is 7.11 Å². The molecule has 1 aromatic rings. The highest BCUT2D eigenvalue weighted by molar-refractivity contribution is 9.09. The summed E-state index contributed by atoms with van der Waals surface area (Å²) in [6.45, 7) is 1.98. The fourth-order valence-electron chi connectivity index (χ4n) is 2.46. The van der Waals surface area contributed by atoms with Crippen molar-refractivity contribution in [2.45, 2.75) is 43.5 Å². The van der Waals surface area contributed by atoms with Crippen LogP contribution >= 0.6 is 15.9 Å². The first-order valence-electron chi connectivity index (χ1n) is 6.69. The molecule has 1 fully saturated rings. The smallest absolute Gasteiger partial charge is 0.255 e. The SMILES string of the molecule is COc1ccc(C)cc1C(=O)NC1CCC(Br)CC1. The average molecular weight is 326 g/mol. The van der Waals surface area contributed by atoms with Crippen molar-refractivity contribution in [1.82, 2.24) is 5.32 Å². The summed E-state index contributed by atoms with van der Waals surface area (Å²) >= 11 is 3.63. The summed E-state index contributed by atoms with van der Waals surface area (Å²) in [5, 5.41) is 3.12. The van der Waals surface area contributed by atoms with E-state index in [1.165, 1.54) is 0 Å². The number of carbonyl (C=O) groups excluding carboxylic acids is 1. The van der Waals surface area contributed by atoms with E-state index < -0.39 is 0 Å². The second kappa shape index (κ2) is 6.42. The van der Waals surface area contributed by atoms with Gasteiger partial charge in [0.25, 0.3) is 5.91 Å². The number of methoxy groups -OCH3 is 1. The summed E-state index contributed by atoms with van der Waals surface area (Å²) in [4.78, 5) is 12.9. The van der Waals surface area contributed by atoms with Crippen LogP contribution in [0.2, 0.25) is 0 Å². The number of benzene rings is 1. The third kappa shape index (κ3) is 3.72. The van der Waals surface area contributed by atoms with Crippen molar-refractivity contribution in [1.29, 1.82) is 0 Å². The molecule has 2 rings (SSSR count). The minimum atomic E-state index is -0.0291. The van der Waals surface area contributed by atoms with Gasteiger partial charge in [0, 0.05) is 10.9 Å². The van der Waals surface area contributed by atoms with Gasteiger partial charge in [-0.2, -0.15) is 0 Å². The average Bonchev–Trinajstić information content (AvgIpc) is 2.41. The van der Waals surface area contributed by atoms with Crippen molar-refractivity contribution in [3.8, 4) is 5.75 Å². The largest absolute Gasteiger partial charge is 0.496 e. The van der Waals surface area contributed by atoms with E-state index in [1.54, 1.807) is 7.11 Å². The molecule has 0 aliphatic heterocycles. The van der Waals surface area contributed by atoms with Crippen LogP contribution in [0.25, 0.3) is 0 Å². The normalized spacial score (nSPS) is 22.9. The van der Waals surface area contributed by atoms with Gasteiger partial charge in [0.2, 0.25) is 0 Å². The predicted octanol–water partition coefficient (Wildman–Crippen LogP) is 3.44. The molecule has 1 aromatic carbocycles. The van der Waals surface area contributed by atoms with Crippen LogP contribution in [0.5, 0.6) is 5.75 Å². The van der Waals surface area contributed by atoms with Crippen molar-refractivity contribution < 1.29 is 9.53 Å². The van der Waals surface area contributed by atoms with E-state index in [4.69, 9.17) is 4.74 Å². The van der Waals surface area contributed by atoms with Gasteiger partial charge in [-0.05, 0) is 44.7 Å². The highest BCUT2D eigenvalue weighted by Crippen LogP contribution is 2.25. The van der Waals surface area contributed by atoms with Gasteiger partial charge < -0.3 is 10.1 Å². The molecule has 0 bridgehead atoms. The number of hydrogen-bond donors (Lipinski definition) is 1. The molecule has 19 heavy (non-hydrogen) atoms. The van der Waals surface area contributed by atoms with Gasteiger partial charge in [-0.3, -0.25) is 4.79 Å². The monoisotopic (exact) mass is 325 g/mol. The Morgan fingerprint density at radius 1 is 1.32 bits per heavy atom. The number of aryl methyl sites for hydroxylation is 1. The Morgan fingerprint density at radius 3 is 2.63 bits per heavy atom. The van der Waals surface area contributed by atoms with Crippen LogP contribution < -0.4 is 10.1 Å². The molecule has 1 aliphatic rings. The van der Waals surface area contributed by atoms with Gasteiger partial charge in [0.05, 0.1) is 12.7 Å². The number of alkyl halides is 1. The van der Waals surface area contributed by atoms with Crippen LogP contribution in [0.1, 0.15) is 41.6 Å². The zero-order valence-corrected chi connectivity index (χ0v) is 13.0. The lowest BCUT2D eigenvalue weighted by atomic mass is 9.95. The van der Waals surface area contributed by atoms with Crippen molar-refractivity contribution >= 4 is 21.8 Å². The Kier molecular flexibility index (Phi) is 4.86. The van der Waals surface area contributed by atoms with Gasteiger partial charge >= 0.3 is 0 Å². The van der Waals surface area contributed by atoms with E-state index in [9.17, 15) is 4.79 Å². The molecule has 0 spiro atoms. The molecule has 0 aromatic heterocycles. The molecule has 1 saturated carbocycles. The van der Waals surface area contributed by atoms with E-state index in [-0.39, 0.29) is 11.9 Å². The molecule has 0 radical (unpaired) electrons. The molecule has 3 nitrogen and oxygen atoms in total. The Balaban J connectivity index is 2.05. The highest BCUT2D eigenvalue weighted by Gasteiger charge is 2.22. The maximum absolute atomic E-state index is 12.3. The summed E-state index contributed by atoms with van der Waals surface area (Å²) < 4.78 is 5.26. The van der Waals surface area contributed by atoms with E-state index in [2.05, 4.69) is 21.2 Å². The Labute approximate surface area is 122 Å². The van der Waals surface area contributed by atoms with E-state index >= 15 is 0 Å². The molecular weight excluding hydrogens is 306 g/mol. The van der Waals surface area contributed by atoms with Crippen molar-refractivity contribution in [3.63, 3.8) is 0 Å². The molecule has 4 heteroatoms. The summed E-state index contributed by atoms with van der Waals surface area (Å²) in [5.41, 5.74) is 1.69. The lowest BCUT2D eigenvalue weighted by Gasteiger charge is -2.26. The van der Waals surface area contributed by atoms with Gasteiger partial charge in [0.15, 0.2) is 0 Å². The number of hydrogen-bond acceptors (Lipinski definition) is 2. The Hall–Kier alpha value is -1.03. The summed E-state index contributed by atoms with van der Waals surface area (Å²) in [6, 6.07) is 5.96. The molecular formula is C15H20BrNO2. The molecule has 1 amide bonds. The first-order chi connectivity index (χ1) is 9.10. The van der Waals surface area contributed by atoms with E-state index in [0.29, 0.717) is 16.1 Å². The number of ether oxygens (including phenoxy) is 1. The minimum Gasteiger partial charge on any atom is -0.496 e. The summed E-state index contributed by atoms with van der Waals surface area (Å²) in [6.07, 6.45) is 4.32. The van der Waals surface area contributed by atoms with Crippen molar-refractivity contribution in [3.05, 3.63) is 29.3 Å². The van der Waals surface area contributed by atoms with Crippen LogP contribution in [0, 0.1) is 6.92 Å². The van der Waals surface area contributed by atoms with Crippen LogP contribution in [0.3, 0.4) is 0 Å². The van der Waals surface area contributed by atoms with Crippen molar-refractivity contribution in [2.24, 2.45) is 0 Å². The highest BCUT2D eigenvalue weighted by atomic mass is 79.9. The number of nitrogens with one attached hydrogen (secondary N) is 1.